The van der Waals surface area contributed by atoms with Crippen molar-refractivity contribution in [1.82, 2.24) is 9.13 Å². The van der Waals surface area contributed by atoms with Gasteiger partial charge in [-0.3, -0.25) is 0 Å². The van der Waals surface area contributed by atoms with Crippen LogP contribution in [0.4, 0.5) is 132 Å². The summed E-state index contributed by atoms with van der Waals surface area (Å²) in [6.45, 7) is 0. The van der Waals surface area contributed by atoms with E-state index in [1.54, 1.807) is 6.07 Å². The average molecular weight is 1500 g/mol. The van der Waals surface area contributed by atoms with Crippen LogP contribution in [0.15, 0.2) is 187 Å². The number of allylic oxidation sites excluding steroid dienone is 8. The van der Waals surface area contributed by atoms with Crippen molar-refractivity contribution in [2.24, 2.45) is 11.8 Å². The third kappa shape index (κ3) is 13.4. The highest BCUT2D eigenvalue weighted by atomic mass is 19.4. The van der Waals surface area contributed by atoms with Crippen LogP contribution >= 0.6 is 0 Å². The van der Waals surface area contributed by atoms with Crippen molar-refractivity contribution in [1.29, 1.82) is 5.26 Å². The van der Waals surface area contributed by atoms with Crippen LogP contribution in [0.1, 0.15) is 38.9 Å². The second kappa shape index (κ2) is 24.3. The minimum Gasteiger partial charge on any atom is -0.308 e. The number of benzene rings is 8. The maximum atomic E-state index is 15.7. The molecule has 2 heterocycles. The molecule has 12 rings (SSSR count). The molecule has 104 heavy (non-hydrogen) atoms. The molecule has 0 fully saturated rings. The van der Waals surface area contributed by atoms with Gasteiger partial charge in [0.2, 0.25) is 0 Å². The summed E-state index contributed by atoms with van der Waals surface area (Å²) < 4.78 is 442. The van der Waals surface area contributed by atoms with E-state index >= 15 is 65.9 Å². The highest BCUT2D eigenvalue weighted by molar-refractivity contribution is 6.13. The first-order valence-corrected chi connectivity index (χ1v) is 29.3. The molecule has 8 aromatic carbocycles. The summed E-state index contributed by atoms with van der Waals surface area (Å²) in [6.07, 6.45) is -55.2. The van der Waals surface area contributed by atoms with Crippen LogP contribution < -0.4 is 10.4 Å². The molecule has 2 aliphatic rings. The minimum atomic E-state index is -5.91. The highest BCUT2D eigenvalue weighted by Gasteiger charge is 2.48. The Morgan fingerprint density at radius 2 is 0.587 bits per heavy atom. The molecule has 2 unspecified atom stereocenters. The van der Waals surface area contributed by atoms with E-state index in [0.29, 0.717) is 45.6 Å². The third-order valence-corrected chi connectivity index (χ3v) is 17.4. The second-order valence-corrected chi connectivity index (χ2v) is 23.7. The number of alkyl halides is 30. The van der Waals surface area contributed by atoms with Gasteiger partial charge in [0.1, 0.15) is 11.6 Å². The van der Waals surface area contributed by atoms with Crippen molar-refractivity contribution in [2.75, 3.05) is 0 Å². The first-order chi connectivity index (χ1) is 47.8. The molecule has 0 saturated heterocycles. The van der Waals surface area contributed by atoms with E-state index in [1.807, 2.05) is 0 Å². The molecule has 2 atom stereocenters. The summed E-state index contributed by atoms with van der Waals surface area (Å²) in [4.78, 5) is 0. The fourth-order valence-electron chi connectivity index (χ4n) is 12.8. The Morgan fingerprint density at radius 3 is 0.865 bits per heavy atom. The molecule has 2 aliphatic carbocycles. The van der Waals surface area contributed by atoms with Crippen LogP contribution in [0.3, 0.4) is 0 Å². The van der Waals surface area contributed by atoms with Crippen molar-refractivity contribution in [3.05, 3.63) is 237 Å². The zero-order valence-electron chi connectivity index (χ0n) is 50.6. The zero-order valence-corrected chi connectivity index (χ0v) is 50.6. The van der Waals surface area contributed by atoms with E-state index in [-0.39, 0.29) is 82.2 Å². The molecular formula is C71H31F30N3. The summed E-state index contributed by atoms with van der Waals surface area (Å²) in [5, 5.41) is 9.12. The molecule has 0 aliphatic heterocycles. The Balaban J connectivity index is 1.31. The van der Waals surface area contributed by atoms with Crippen LogP contribution in [-0.4, -0.2) is 33.8 Å². The van der Waals surface area contributed by atoms with Gasteiger partial charge >= 0.3 is 61.8 Å². The molecule has 3 nitrogen and oxygen atoms in total. The van der Waals surface area contributed by atoms with Crippen molar-refractivity contribution >= 4 is 54.8 Å². The van der Waals surface area contributed by atoms with Gasteiger partial charge < -0.3 is 9.13 Å². The van der Waals surface area contributed by atoms with Crippen LogP contribution in [0, 0.1) is 23.2 Å². The van der Waals surface area contributed by atoms with E-state index in [2.05, 4.69) is 0 Å². The summed E-state index contributed by atoms with van der Waals surface area (Å²) in [6, 6.07) is 13.3. The van der Waals surface area contributed by atoms with Crippen molar-refractivity contribution in [3.8, 4) is 50.8 Å². The van der Waals surface area contributed by atoms with Gasteiger partial charge in [-0.1, -0.05) is 91.0 Å². The van der Waals surface area contributed by atoms with E-state index in [1.165, 1.54) is 0 Å². The molecule has 0 amide bonds. The summed E-state index contributed by atoms with van der Waals surface area (Å²) in [5.41, 5.74) is -29.4. The molecular weight excluding hydrogens is 1460 g/mol. The zero-order chi connectivity index (χ0) is 76.3. The van der Waals surface area contributed by atoms with E-state index < -0.39 is 218 Å². The molecule has 0 saturated carbocycles. The lowest BCUT2D eigenvalue weighted by Crippen LogP contribution is -2.29. The number of nitrogens with zero attached hydrogens (tertiary/aromatic N) is 3. The molecule has 0 radical (unpaired) electrons. The number of nitriles is 1. The van der Waals surface area contributed by atoms with Crippen LogP contribution in [0.5, 0.6) is 0 Å². The Bertz CT molecular complexity index is 5270. The van der Waals surface area contributed by atoms with Gasteiger partial charge in [0.05, 0.1) is 89.8 Å². The summed E-state index contributed by atoms with van der Waals surface area (Å²) >= 11 is 0. The van der Waals surface area contributed by atoms with Crippen LogP contribution in [0.2, 0.25) is 0 Å². The predicted molar refractivity (Wildman–Crippen MR) is 318 cm³/mol. The molecule has 0 N–H and O–H groups in total. The molecule has 2 aromatic heterocycles. The standard InChI is InChI=1S/C71H31F30N3/c72-62(73,74)36-5-14-41(51(25-36)67(87,88)89)31-1-10-46-47-11-2-32(42-15-6-37(63(75,76)77)26-52(42)68(90,91)92)20-57(47)103(56(46)19-31)60-23-35(45-18-9-40(66(84,85)86)29-55(45)71(99,100)101)24-61(50(60)30-102)104-58-21-33(43-16-7-38(64(78,79)80)27-53(43)69(93,94)95)3-12-48(58)49-13-4-34(22-59(49)104)44-17-8-39(65(81,82)83)28-54(44)70(96,97)98/h1-29,51-52H. The molecule has 540 valence electrons. The minimum absolute atomic E-state index is 0.0833. The fourth-order valence-corrected chi connectivity index (χ4v) is 12.8. The van der Waals surface area contributed by atoms with Gasteiger partial charge in [-0.25, -0.2) is 0 Å². The third-order valence-electron chi connectivity index (χ3n) is 17.4. The van der Waals surface area contributed by atoms with E-state index in [9.17, 15) is 71.1 Å². The molecule has 0 bridgehead atoms. The number of halogens is 30. The maximum absolute atomic E-state index is 15.7. The van der Waals surface area contributed by atoms with Gasteiger partial charge in [0.25, 0.3) is 0 Å². The monoisotopic (exact) mass is 1500 g/mol. The first-order valence-electron chi connectivity index (χ1n) is 29.3. The van der Waals surface area contributed by atoms with Crippen LogP contribution in [0.25, 0.3) is 99.5 Å². The second-order valence-electron chi connectivity index (χ2n) is 23.7. The maximum Gasteiger partial charge on any atom is 0.417 e. The topological polar surface area (TPSA) is 33.6 Å². The van der Waals surface area contributed by atoms with Gasteiger partial charge in [-0.2, -0.15) is 137 Å². The SMILES string of the molecule is N#Cc1c(-n2c3cc(-c4ccc(C(F)(F)F)cc4C(F)(F)F)ccc3c3ccc(-c4ccc(C(F)(F)F)cc4C(F)(F)F)cc32)cc(-c2ccc(C(F)(F)F)cc2C(F)(F)F)cc1-n1c2cc(=C3C=CC(C(F)(F)F)=CC3C(F)(F)F)ccc2c2ccc(=C3C=CC(C(F)(F)F)=CC3C(F)(F)F)cc21. The summed E-state index contributed by atoms with van der Waals surface area (Å²) in [7, 11) is 0. The smallest absolute Gasteiger partial charge is 0.308 e. The van der Waals surface area contributed by atoms with Crippen LogP contribution in [-0.2, 0) is 37.1 Å². The Labute approximate surface area is 560 Å². The number of fused-ring (bicyclic) bond motifs is 6. The lowest BCUT2D eigenvalue weighted by Gasteiger charge is -2.24. The molecule has 33 heteroatoms. The Hall–Kier alpha value is -10.6. The Kier molecular flexibility index (Phi) is 17.1. The largest absolute Gasteiger partial charge is 0.417 e. The molecule has 10 aromatic rings. The summed E-state index contributed by atoms with van der Waals surface area (Å²) in [5.74, 6) is -6.34. The van der Waals surface area contributed by atoms with Crippen molar-refractivity contribution < 1.29 is 132 Å². The number of hydrogen-bond donors (Lipinski definition) is 0. The lowest BCUT2D eigenvalue weighted by atomic mass is 9.88. The number of hydrogen-bond acceptors (Lipinski definition) is 1. The van der Waals surface area contributed by atoms with Crippen molar-refractivity contribution in [2.45, 2.75) is 61.8 Å². The lowest BCUT2D eigenvalue weighted by molar-refractivity contribution is -0.148. The number of rotatable bonds is 5. The normalized spacial score (nSPS) is 17.4. The highest BCUT2D eigenvalue weighted by Crippen LogP contribution is 2.51. The average Bonchev–Trinajstić information content (AvgIpc) is 1.54. The quantitative estimate of drug-likeness (QED) is 0.158. The van der Waals surface area contributed by atoms with Gasteiger partial charge in [-0.05, 0) is 140 Å². The predicted octanol–water partition coefficient (Wildman–Crippen LogP) is 23.6. The fraction of sp³-hybridized carbons (Fsp3) is 0.169. The van der Waals surface area contributed by atoms with Gasteiger partial charge in [0, 0.05) is 21.5 Å². The van der Waals surface area contributed by atoms with E-state index in [4.69, 9.17) is 0 Å². The molecule has 0 spiro atoms. The first kappa shape index (κ1) is 73.2. The van der Waals surface area contributed by atoms with Crippen molar-refractivity contribution in [3.63, 3.8) is 0 Å². The van der Waals surface area contributed by atoms with Gasteiger partial charge in [-0.15, -0.1) is 0 Å². The van der Waals surface area contributed by atoms with Gasteiger partial charge in [0.15, 0.2) is 0 Å². The Morgan fingerprint density at radius 1 is 0.288 bits per heavy atom. The van der Waals surface area contributed by atoms with E-state index in [0.717, 1.165) is 72.8 Å². The number of aromatic nitrogens is 2.